The first-order valence-electron chi connectivity index (χ1n) is 7.31. The van der Waals surface area contributed by atoms with E-state index in [0.29, 0.717) is 16.4 Å². The second kappa shape index (κ2) is 7.23. The van der Waals surface area contributed by atoms with Crippen LogP contribution in [0.4, 0.5) is 11.4 Å². The molecule has 2 aromatic rings. The van der Waals surface area contributed by atoms with Gasteiger partial charge in [0.2, 0.25) is 15.9 Å². The van der Waals surface area contributed by atoms with Crippen LogP contribution in [0.1, 0.15) is 12.5 Å². The summed E-state index contributed by atoms with van der Waals surface area (Å²) in [7, 11) is -3.63. The zero-order chi connectivity index (χ0) is 17.9. The maximum atomic E-state index is 12.5. The predicted octanol–water partition coefficient (Wildman–Crippen LogP) is 3.44. The summed E-state index contributed by atoms with van der Waals surface area (Å²) < 4.78 is 25.5. The lowest BCUT2D eigenvalue weighted by Crippen LogP contribution is -2.45. The van der Waals surface area contributed by atoms with Crippen LogP contribution in [0.25, 0.3) is 0 Å². The highest BCUT2D eigenvalue weighted by molar-refractivity contribution is 7.92. The van der Waals surface area contributed by atoms with Gasteiger partial charge in [-0.1, -0.05) is 23.7 Å². The van der Waals surface area contributed by atoms with E-state index >= 15 is 0 Å². The minimum absolute atomic E-state index is 0.427. The average Bonchev–Trinajstić information content (AvgIpc) is 2.48. The molecule has 1 atom stereocenters. The van der Waals surface area contributed by atoms with E-state index in [1.807, 2.05) is 13.0 Å². The van der Waals surface area contributed by atoms with Crippen LogP contribution in [0.5, 0.6) is 0 Å². The Morgan fingerprint density at radius 1 is 1.17 bits per heavy atom. The van der Waals surface area contributed by atoms with E-state index in [2.05, 4.69) is 5.32 Å². The number of nitrogens with zero attached hydrogens (tertiary/aromatic N) is 1. The molecule has 0 heterocycles. The highest BCUT2D eigenvalue weighted by atomic mass is 35.5. The lowest BCUT2D eigenvalue weighted by molar-refractivity contribution is -0.116. The summed E-state index contributed by atoms with van der Waals surface area (Å²) in [6.45, 7) is 3.41. The monoisotopic (exact) mass is 366 g/mol. The number of rotatable bonds is 5. The van der Waals surface area contributed by atoms with E-state index in [0.717, 1.165) is 16.1 Å². The molecule has 24 heavy (non-hydrogen) atoms. The number of carbonyl (C=O) groups is 1. The number of halogens is 1. The molecule has 0 fully saturated rings. The fourth-order valence-electron chi connectivity index (χ4n) is 2.35. The normalized spacial score (nSPS) is 12.5. The summed E-state index contributed by atoms with van der Waals surface area (Å²) in [6.07, 6.45) is 1.08. The minimum Gasteiger partial charge on any atom is -0.324 e. The van der Waals surface area contributed by atoms with Crippen molar-refractivity contribution in [2.75, 3.05) is 15.9 Å². The second-order valence-corrected chi connectivity index (χ2v) is 7.87. The Labute approximate surface area is 147 Å². The molecular weight excluding hydrogens is 348 g/mol. The van der Waals surface area contributed by atoms with E-state index in [1.165, 1.54) is 0 Å². The Hall–Kier alpha value is -2.05. The van der Waals surface area contributed by atoms with Crippen LogP contribution in [0.15, 0.2) is 48.5 Å². The minimum atomic E-state index is -3.63. The van der Waals surface area contributed by atoms with Gasteiger partial charge in [-0.3, -0.25) is 9.10 Å². The molecule has 7 heteroatoms. The third kappa shape index (κ3) is 4.49. The molecule has 2 aromatic carbocycles. The second-order valence-electron chi connectivity index (χ2n) is 5.57. The van der Waals surface area contributed by atoms with Crippen molar-refractivity contribution in [1.82, 2.24) is 0 Å². The SMILES string of the molecule is Cc1cccc(N([C@H](C)C(=O)Nc2ccc(Cl)cc2)S(C)(=O)=O)c1. The largest absolute Gasteiger partial charge is 0.324 e. The Morgan fingerprint density at radius 2 is 1.79 bits per heavy atom. The predicted molar refractivity (Wildman–Crippen MR) is 98.0 cm³/mol. The highest BCUT2D eigenvalue weighted by Gasteiger charge is 2.29. The molecule has 0 aliphatic heterocycles. The Kier molecular flexibility index (Phi) is 5.51. The summed E-state index contributed by atoms with van der Waals surface area (Å²) >= 11 is 5.82. The van der Waals surface area contributed by atoms with Gasteiger partial charge in [0.05, 0.1) is 11.9 Å². The number of anilines is 2. The van der Waals surface area contributed by atoms with Crippen molar-refractivity contribution >= 4 is 38.9 Å². The Morgan fingerprint density at radius 3 is 2.33 bits per heavy atom. The zero-order valence-electron chi connectivity index (χ0n) is 13.7. The highest BCUT2D eigenvalue weighted by Crippen LogP contribution is 2.23. The van der Waals surface area contributed by atoms with Crippen LogP contribution < -0.4 is 9.62 Å². The molecule has 0 spiro atoms. The molecule has 1 N–H and O–H groups in total. The molecule has 0 aromatic heterocycles. The van der Waals surface area contributed by atoms with Gasteiger partial charge in [-0.05, 0) is 55.8 Å². The van der Waals surface area contributed by atoms with Crippen molar-refractivity contribution in [2.24, 2.45) is 0 Å². The van der Waals surface area contributed by atoms with Crippen molar-refractivity contribution in [3.8, 4) is 0 Å². The molecule has 1 amide bonds. The van der Waals surface area contributed by atoms with Crippen LogP contribution in [0, 0.1) is 6.92 Å². The maximum Gasteiger partial charge on any atom is 0.247 e. The van der Waals surface area contributed by atoms with Crippen LogP contribution in [-0.2, 0) is 14.8 Å². The van der Waals surface area contributed by atoms with E-state index in [-0.39, 0.29) is 0 Å². The summed E-state index contributed by atoms with van der Waals surface area (Å²) in [6, 6.07) is 12.7. The average molecular weight is 367 g/mol. The first-order valence-corrected chi connectivity index (χ1v) is 9.53. The lowest BCUT2D eigenvalue weighted by atomic mass is 10.2. The van der Waals surface area contributed by atoms with E-state index in [4.69, 9.17) is 11.6 Å². The third-order valence-electron chi connectivity index (χ3n) is 3.46. The smallest absolute Gasteiger partial charge is 0.247 e. The third-order valence-corrected chi connectivity index (χ3v) is 4.95. The van der Waals surface area contributed by atoms with Gasteiger partial charge in [-0.25, -0.2) is 8.42 Å². The molecule has 0 bridgehead atoms. The summed E-state index contributed by atoms with van der Waals surface area (Å²) in [5.74, 6) is -0.427. The quantitative estimate of drug-likeness (QED) is 0.881. The molecule has 0 saturated heterocycles. The van der Waals surface area contributed by atoms with Gasteiger partial charge in [0.1, 0.15) is 6.04 Å². The van der Waals surface area contributed by atoms with Crippen LogP contribution >= 0.6 is 11.6 Å². The van der Waals surface area contributed by atoms with Crippen molar-refractivity contribution in [1.29, 1.82) is 0 Å². The van der Waals surface area contributed by atoms with Crippen LogP contribution in [-0.4, -0.2) is 26.6 Å². The standard InChI is InChI=1S/C17H19ClN2O3S/c1-12-5-4-6-16(11-12)20(24(3,22)23)13(2)17(21)19-15-9-7-14(18)8-10-15/h4-11,13H,1-3H3,(H,19,21)/t13-/m1/s1. The van der Waals surface area contributed by atoms with Crippen molar-refractivity contribution in [3.63, 3.8) is 0 Å². The first kappa shape index (κ1) is 18.3. The van der Waals surface area contributed by atoms with Crippen LogP contribution in [0.2, 0.25) is 5.02 Å². The van der Waals surface area contributed by atoms with Gasteiger partial charge in [0, 0.05) is 10.7 Å². The van der Waals surface area contributed by atoms with E-state index in [1.54, 1.807) is 49.4 Å². The fraction of sp³-hybridized carbons (Fsp3) is 0.235. The molecule has 5 nitrogen and oxygen atoms in total. The first-order chi connectivity index (χ1) is 11.2. The molecule has 0 saturated carbocycles. The number of hydrogen-bond donors (Lipinski definition) is 1. The number of hydrogen-bond acceptors (Lipinski definition) is 3. The molecule has 0 unspecified atom stereocenters. The topological polar surface area (TPSA) is 66.5 Å². The lowest BCUT2D eigenvalue weighted by Gasteiger charge is -2.28. The summed E-state index contributed by atoms with van der Waals surface area (Å²) in [4.78, 5) is 12.5. The number of aryl methyl sites for hydroxylation is 1. The number of nitrogens with one attached hydrogen (secondary N) is 1. The zero-order valence-corrected chi connectivity index (χ0v) is 15.2. The molecule has 0 aliphatic carbocycles. The molecule has 2 rings (SSSR count). The van der Waals surface area contributed by atoms with Crippen molar-refractivity contribution in [3.05, 3.63) is 59.1 Å². The van der Waals surface area contributed by atoms with E-state index in [9.17, 15) is 13.2 Å². The number of carbonyl (C=O) groups excluding carboxylic acids is 1. The summed E-state index contributed by atoms with van der Waals surface area (Å²) in [5.41, 5.74) is 1.91. The van der Waals surface area contributed by atoms with Gasteiger partial charge in [-0.2, -0.15) is 0 Å². The van der Waals surface area contributed by atoms with Crippen molar-refractivity contribution < 1.29 is 13.2 Å². The number of sulfonamides is 1. The van der Waals surface area contributed by atoms with Gasteiger partial charge in [0.15, 0.2) is 0 Å². The van der Waals surface area contributed by atoms with Gasteiger partial charge < -0.3 is 5.32 Å². The molecule has 0 aliphatic rings. The number of amides is 1. The van der Waals surface area contributed by atoms with E-state index < -0.39 is 22.0 Å². The summed E-state index contributed by atoms with van der Waals surface area (Å²) in [5, 5.41) is 3.26. The van der Waals surface area contributed by atoms with Gasteiger partial charge in [-0.15, -0.1) is 0 Å². The van der Waals surface area contributed by atoms with Crippen LogP contribution in [0.3, 0.4) is 0 Å². The Bertz CT molecular complexity index is 835. The molecule has 128 valence electrons. The number of benzene rings is 2. The van der Waals surface area contributed by atoms with Gasteiger partial charge in [0.25, 0.3) is 0 Å². The van der Waals surface area contributed by atoms with Gasteiger partial charge >= 0.3 is 0 Å². The molecule has 0 radical (unpaired) electrons. The fourth-order valence-corrected chi connectivity index (χ4v) is 3.65. The van der Waals surface area contributed by atoms with Crippen molar-refractivity contribution in [2.45, 2.75) is 19.9 Å². The maximum absolute atomic E-state index is 12.5. The Balaban J connectivity index is 2.29. The molecular formula is C17H19ClN2O3S.